The van der Waals surface area contributed by atoms with Crippen LogP contribution in [0.3, 0.4) is 0 Å². The molecule has 1 aliphatic heterocycles. The molecule has 0 spiro atoms. The van der Waals surface area contributed by atoms with Gasteiger partial charge in [0.05, 0.1) is 6.54 Å². The number of amides is 3. The Morgan fingerprint density at radius 1 is 1.27 bits per heavy atom. The fourth-order valence-corrected chi connectivity index (χ4v) is 2.77. The molecular formula is C17H25N3O2. The largest absolute Gasteiger partial charge is 0.338 e. The molecule has 2 rings (SSSR count). The minimum atomic E-state index is -0.391. The number of benzene rings is 1. The van der Waals surface area contributed by atoms with Gasteiger partial charge in [0.2, 0.25) is 5.91 Å². The molecule has 0 saturated carbocycles. The minimum Gasteiger partial charge on any atom is -0.338 e. The predicted octanol–water partition coefficient (Wildman–Crippen LogP) is 2.10. The summed E-state index contributed by atoms with van der Waals surface area (Å²) in [7, 11) is 0. The fourth-order valence-electron chi connectivity index (χ4n) is 2.77. The Balaban J connectivity index is 1.71. The Bertz CT molecular complexity index is 490. The average molecular weight is 303 g/mol. The first-order valence-corrected chi connectivity index (χ1v) is 8.04. The third-order valence-electron chi connectivity index (χ3n) is 3.98. The van der Waals surface area contributed by atoms with E-state index in [0.29, 0.717) is 12.5 Å². The van der Waals surface area contributed by atoms with Gasteiger partial charge in [0.15, 0.2) is 0 Å². The summed E-state index contributed by atoms with van der Waals surface area (Å²) in [5, 5.41) is 5.07. The second kappa shape index (κ2) is 8.54. The average Bonchev–Trinajstić information content (AvgIpc) is 2.96. The Morgan fingerprint density at radius 3 is 2.77 bits per heavy atom. The van der Waals surface area contributed by atoms with E-state index in [1.807, 2.05) is 18.2 Å². The minimum absolute atomic E-state index is 0.234. The quantitative estimate of drug-likeness (QED) is 0.791. The lowest BCUT2D eigenvalue weighted by atomic mass is 9.99. The second-order valence-electron chi connectivity index (χ2n) is 5.79. The Labute approximate surface area is 132 Å². The summed E-state index contributed by atoms with van der Waals surface area (Å²) in [4.78, 5) is 25.5. The van der Waals surface area contributed by atoms with Gasteiger partial charge in [-0.15, -0.1) is 0 Å². The highest BCUT2D eigenvalue weighted by molar-refractivity contribution is 5.95. The molecule has 2 N–H and O–H groups in total. The fraction of sp³-hybridized carbons (Fsp3) is 0.529. The number of hydrogen-bond donors (Lipinski definition) is 2. The number of urea groups is 1. The molecule has 1 aliphatic rings. The van der Waals surface area contributed by atoms with Crippen LogP contribution in [0, 0.1) is 0 Å². The molecule has 0 radical (unpaired) electrons. The maximum Gasteiger partial charge on any atom is 0.321 e. The van der Waals surface area contributed by atoms with Crippen molar-refractivity contribution in [2.45, 2.75) is 32.1 Å². The van der Waals surface area contributed by atoms with E-state index in [2.05, 4.69) is 34.6 Å². The van der Waals surface area contributed by atoms with Crippen molar-refractivity contribution in [3.63, 3.8) is 0 Å². The van der Waals surface area contributed by atoms with E-state index in [0.717, 1.165) is 32.4 Å². The van der Waals surface area contributed by atoms with Crippen molar-refractivity contribution in [2.75, 3.05) is 26.2 Å². The molecule has 120 valence electrons. The molecule has 5 nitrogen and oxygen atoms in total. The number of carbonyl (C=O) groups is 2. The third-order valence-corrected chi connectivity index (χ3v) is 3.98. The zero-order chi connectivity index (χ0) is 15.8. The number of carbonyl (C=O) groups excluding carboxylic acids is 2. The van der Waals surface area contributed by atoms with E-state index in [1.54, 1.807) is 0 Å². The molecular weight excluding hydrogens is 278 g/mol. The van der Waals surface area contributed by atoms with Crippen LogP contribution in [-0.2, 0) is 4.79 Å². The molecule has 3 amide bonds. The molecule has 1 aromatic rings. The van der Waals surface area contributed by atoms with Gasteiger partial charge < -0.3 is 5.32 Å². The van der Waals surface area contributed by atoms with Crippen LogP contribution in [0.15, 0.2) is 30.3 Å². The molecule has 1 aromatic carbocycles. The van der Waals surface area contributed by atoms with E-state index in [9.17, 15) is 9.59 Å². The van der Waals surface area contributed by atoms with Gasteiger partial charge in [-0.2, -0.15) is 0 Å². The molecule has 0 unspecified atom stereocenters. The van der Waals surface area contributed by atoms with Crippen molar-refractivity contribution < 1.29 is 9.59 Å². The second-order valence-corrected chi connectivity index (χ2v) is 5.79. The Hall–Kier alpha value is -1.88. The summed E-state index contributed by atoms with van der Waals surface area (Å²) in [5.74, 6) is 0.245. The topological polar surface area (TPSA) is 61.4 Å². The number of imide groups is 1. The monoisotopic (exact) mass is 303 g/mol. The van der Waals surface area contributed by atoms with Gasteiger partial charge in [0.1, 0.15) is 0 Å². The number of hydrogen-bond acceptors (Lipinski definition) is 3. The number of nitrogens with one attached hydrogen (secondary N) is 2. The standard InChI is InChI=1S/C17H25N3O2/c1-2-3-10-18-17(22)19-16(21)13-20-11-9-15(12-20)14-7-5-4-6-8-14/h4-8,15H,2-3,9-13H2,1H3,(H2,18,19,21,22)/t15-/m1/s1. The first kappa shape index (κ1) is 16.5. The van der Waals surface area contributed by atoms with Gasteiger partial charge >= 0.3 is 6.03 Å². The molecule has 1 saturated heterocycles. The zero-order valence-corrected chi connectivity index (χ0v) is 13.2. The van der Waals surface area contributed by atoms with Crippen molar-refractivity contribution in [1.29, 1.82) is 0 Å². The zero-order valence-electron chi connectivity index (χ0n) is 13.2. The van der Waals surface area contributed by atoms with E-state index in [4.69, 9.17) is 0 Å². The SMILES string of the molecule is CCCCNC(=O)NC(=O)CN1CC[C@@H](c2ccccc2)C1. The smallest absolute Gasteiger partial charge is 0.321 e. The number of rotatable bonds is 6. The number of likely N-dealkylation sites (tertiary alicyclic amines) is 1. The van der Waals surface area contributed by atoms with Gasteiger partial charge in [-0.3, -0.25) is 15.0 Å². The maximum atomic E-state index is 11.9. The lowest BCUT2D eigenvalue weighted by molar-refractivity contribution is -0.120. The molecule has 0 aromatic heterocycles. The van der Waals surface area contributed by atoms with Crippen LogP contribution >= 0.6 is 0 Å². The first-order chi connectivity index (χ1) is 10.7. The predicted molar refractivity (Wildman–Crippen MR) is 86.7 cm³/mol. The summed E-state index contributed by atoms with van der Waals surface area (Å²) in [5.41, 5.74) is 1.32. The van der Waals surface area contributed by atoms with Gasteiger partial charge in [0.25, 0.3) is 0 Å². The molecule has 1 fully saturated rings. The van der Waals surface area contributed by atoms with Gasteiger partial charge in [0, 0.05) is 13.1 Å². The highest BCUT2D eigenvalue weighted by atomic mass is 16.2. The summed E-state index contributed by atoms with van der Waals surface area (Å²) >= 11 is 0. The number of unbranched alkanes of at least 4 members (excludes halogenated alkanes) is 1. The van der Waals surface area contributed by atoms with Crippen LogP contribution in [0.25, 0.3) is 0 Å². The van der Waals surface area contributed by atoms with Crippen LogP contribution in [-0.4, -0.2) is 43.0 Å². The lowest BCUT2D eigenvalue weighted by Gasteiger charge is -2.15. The van der Waals surface area contributed by atoms with Crippen LogP contribution in [0.4, 0.5) is 4.79 Å². The number of nitrogens with zero attached hydrogens (tertiary/aromatic N) is 1. The van der Waals surface area contributed by atoms with Crippen molar-refractivity contribution in [2.24, 2.45) is 0 Å². The molecule has 22 heavy (non-hydrogen) atoms. The van der Waals surface area contributed by atoms with Gasteiger partial charge in [-0.25, -0.2) is 4.79 Å². The molecule has 5 heteroatoms. The summed E-state index contributed by atoms with van der Waals surface area (Å²) in [6.45, 7) is 4.71. The Kier molecular flexibility index (Phi) is 6.40. The Morgan fingerprint density at radius 2 is 2.05 bits per heavy atom. The molecule has 1 atom stereocenters. The summed E-state index contributed by atoms with van der Waals surface area (Å²) < 4.78 is 0. The highest BCUT2D eigenvalue weighted by Crippen LogP contribution is 2.26. The van der Waals surface area contributed by atoms with E-state index < -0.39 is 6.03 Å². The van der Waals surface area contributed by atoms with E-state index in [1.165, 1.54) is 5.56 Å². The summed E-state index contributed by atoms with van der Waals surface area (Å²) in [6.07, 6.45) is 3.00. The van der Waals surface area contributed by atoms with Crippen LogP contribution in [0.2, 0.25) is 0 Å². The van der Waals surface area contributed by atoms with Gasteiger partial charge in [-0.1, -0.05) is 43.7 Å². The summed E-state index contributed by atoms with van der Waals surface area (Å²) in [6, 6.07) is 9.99. The first-order valence-electron chi connectivity index (χ1n) is 8.04. The molecule has 0 aliphatic carbocycles. The van der Waals surface area contributed by atoms with E-state index in [-0.39, 0.29) is 12.5 Å². The third kappa shape index (κ3) is 5.15. The van der Waals surface area contributed by atoms with Crippen molar-refractivity contribution in [3.8, 4) is 0 Å². The van der Waals surface area contributed by atoms with Crippen LogP contribution in [0.1, 0.15) is 37.7 Å². The van der Waals surface area contributed by atoms with Crippen molar-refractivity contribution >= 4 is 11.9 Å². The normalized spacial score (nSPS) is 18.1. The van der Waals surface area contributed by atoms with E-state index >= 15 is 0 Å². The molecule has 1 heterocycles. The van der Waals surface area contributed by atoms with Crippen LogP contribution < -0.4 is 10.6 Å². The van der Waals surface area contributed by atoms with Crippen molar-refractivity contribution in [3.05, 3.63) is 35.9 Å². The van der Waals surface area contributed by atoms with Gasteiger partial charge in [-0.05, 0) is 30.9 Å². The molecule has 0 bridgehead atoms. The maximum absolute atomic E-state index is 11.9. The van der Waals surface area contributed by atoms with Crippen molar-refractivity contribution in [1.82, 2.24) is 15.5 Å². The lowest BCUT2D eigenvalue weighted by Crippen LogP contribution is -2.44. The highest BCUT2D eigenvalue weighted by Gasteiger charge is 2.25. The van der Waals surface area contributed by atoms with Crippen LogP contribution in [0.5, 0.6) is 0 Å².